The number of aryl methyl sites for hydroxylation is 1. The van der Waals surface area contributed by atoms with Gasteiger partial charge in [-0.15, -0.1) is 11.3 Å². The van der Waals surface area contributed by atoms with Gasteiger partial charge in [0.15, 0.2) is 0 Å². The van der Waals surface area contributed by atoms with Gasteiger partial charge in [0.2, 0.25) is 0 Å². The third-order valence-corrected chi connectivity index (χ3v) is 7.37. The first-order valence-electron chi connectivity index (χ1n) is 10.3. The van der Waals surface area contributed by atoms with Crippen LogP contribution in [-0.2, 0) is 13.0 Å². The number of aromatic amines is 1. The van der Waals surface area contributed by atoms with Crippen molar-refractivity contribution in [3.05, 3.63) is 87.9 Å². The Kier molecular flexibility index (Phi) is 4.93. The van der Waals surface area contributed by atoms with Gasteiger partial charge in [-0.2, -0.15) is 0 Å². The molecule has 0 fully saturated rings. The average molecular weight is 416 g/mol. The summed E-state index contributed by atoms with van der Waals surface area (Å²) in [6.07, 6.45) is 3.07. The third-order valence-electron chi connectivity index (χ3n) is 6.10. The molecule has 152 valence electrons. The Hall–Kier alpha value is -2.89. The minimum atomic E-state index is 0.0786. The highest BCUT2D eigenvalue weighted by Crippen LogP contribution is 2.39. The van der Waals surface area contributed by atoms with Crippen LogP contribution in [0, 0.1) is 13.8 Å². The standard InChI is InChI=1S/C25H25N3OS/c1-17-18(2)30-25-22(17)15-27(16-28(25)24(29)19-8-4-3-5-9-19)13-12-20-14-26-23-11-7-6-10-21(20)23/h3-11,14,26H,12-13,15-16H2,1-2H3. The molecule has 5 heteroatoms. The second kappa shape index (κ2) is 7.74. The van der Waals surface area contributed by atoms with Gasteiger partial charge >= 0.3 is 0 Å². The Labute approximate surface area is 180 Å². The first-order valence-corrected chi connectivity index (χ1v) is 11.2. The first kappa shape index (κ1) is 19.1. The minimum absolute atomic E-state index is 0.0786. The quantitative estimate of drug-likeness (QED) is 0.477. The number of hydrogen-bond acceptors (Lipinski definition) is 3. The number of thiophene rings is 1. The third kappa shape index (κ3) is 3.34. The average Bonchev–Trinajstić information content (AvgIpc) is 3.33. The molecule has 4 nitrogen and oxygen atoms in total. The van der Waals surface area contributed by atoms with Crippen molar-refractivity contribution in [1.29, 1.82) is 0 Å². The predicted octanol–water partition coefficient (Wildman–Crippen LogP) is 5.51. The van der Waals surface area contributed by atoms with Crippen LogP contribution >= 0.6 is 11.3 Å². The highest BCUT2D eigenvalue weighted by atomic mass is 32.1. The molecule has 0 spiro atoms. The van der Waals surface area contributed by atoms with E-state index in [1.54, 1.807) is 11.3 Å². The molecular weight excluding hydrogens is 390 g/mol. The molecule has 1 amide bonds. The van der Waals surface area contributed by atoms with Crippen LogP contribution in [0.25, 0.3) is 10.9 Å². The maximum absolute atomic E-state index is 13.3. The summed E-state index contributed by atoms with van der Waals surface area (Å²) in [7, 11) is 0. The lowest BCUT2D eigenvalue weighted by atomic mass is 10.1. The number of benzene rings is 2. The van der Waals surface area contributed by atoms with Gasteiger partial charge in [0.25, 0.3) is 5.91 Å². The van der Waals surface area contributed by atoms with Crippen molar-refractivity contribution in [3.8, 4) is 0 Å². The molecule has 0 aliphatic carbocycles. The second-order valence-electron chi connectivity index (χ2n) is 7.97. The molecule has 0 saturated heterocycles. The SMILES string of the molecule is Cc1sc2c(c1C)CN(CCc1c[nH]c3ccccc13)CN2C(=O)c1ccccc1. The summed E-state index contributed by atoms with van der Waals surface area (Å²) < 4.78 is 0. The fourth-order valence-electron chi connectivity index (χ4n) is 4.26. The van der Waals surface area contributed by atoms with Crippen molar-refractivity contribution in [2.75, 3.05) is 18.1 Å². The van der Waals surface area contributed by atoms with Crippen LogP contribution in [-0.4, -0.2) is 29.0 Å². The second-order valence-corrected chi connectivity index (χ2v) is 9.17. The van der Waals surface area contributed by atoms with E-state index >= 15 is 0 Å². The van der Waals surface area contributed by atoms with Crippen molar-refractivity contribution in [2.24, 2.45) is 0 Å². The summed E-state index contributed by atoms with van der Waals surface area (Å²) in [5, 5.41) is 2.40. The summed E-state index contributed by atoms with van der Waals surface area (Å²) in [4.78, 5) is 22.4. The maximum atomic E-state index is 13.3. The zero-order chi connectivity index (χ0) is 20.7. The van der Waals surface area contributed by atoms with Crippen LogP contribution in [0.5, 0.6) is 0 Å². The van der Waals surface area contributed by atoms with Crippen molar-refractivity contribution >= 4 is 33.1 Å². The zero-order valence-electron chi connectivity index (χ0n) is 17.3. The molecule has 1 aliphatic heterocycles. The number of para-hydroxylation sites is 1. The molecule has 0 saturated carbocycles. The lowest BCUT2D eigenvalue weighted by Crippen LogP contribution is -2.45. The number of fused-ring (bicyclic) bond motifs is 2. The van der Waals surface area contributed by atoms with Crippen molar-refractivity contribution in [1.82, 2.24) is 9.88 Å². The summed E-state index contributed by atoms with van der Waals surface area (Å²) in [6.45, 7) is 6.77. The summed E-state index contributed by atoms with van der Waals surface area (Å²) in [5.74, 6) is 0.0786. The van der Waals surface area contributed by atoms with Crippen LogP contribution in [0.15, 0.2) is 60.8 Å². The number of H-pyrrole nitrogens is 1. The number of amides is 1. The number of nitrogens with zero attached hydrogens (tertiary/aromatic N) is 2. The smallest absolute Gasteiger partial charge is 0.260 e. The number of carbonyl (C=O) groups excluding carboxylic acids is 1. The van der Waals surface area contributed by atoms with E-state index in [4.69, 9.17) is 0 Å². The van der Waals surface area contributed by atoms with Crippen molar-refractivity contribution in [3.63, 3.8) is 0 Å². The monoisotopic (exact) mass is 415 g/mol. The fraction of sp³-hybridized carbons (Fsp3) is 0.240. The number of aromatic nitrogens is 1. The first-order chi connectivity index (χ1) is 14.6. The minimum Gasteiger partial charge on any atom is -0.361 e. The molecule has 1 aliphatic rings. The van der Waals surface area contributed by atoms with Gasteiger partial charge in [-0.3, -0.25) is 14.6 Å². The Bertz CT molecular complexity index is 1210. The number of carbonyl (C=O) groups is 1. The lowest BCUT2D eigenvalue weighted by molar-refractivity contribution is 0.0960. The highest BCUT2D eigenvalue weighted by Gasteiger charge is 2.31. The highest BCUT2D eigenvalue weighted by molar-refractivity contribution is 7.16. The van der Waals surface area contributed by atoms with Crippen molar-refractivity contribution in [2.45, 2.75) is 26.8 Å². The summed E-state index contributed by atoms with van der Waals surface area (Å²) in [6, 6.07) is 18.0. The van der Waals surface area contributed by atoms with Gasteiger partial charge in [-0.05, 0) is 49.6 Å². The zero-order valence-corrected chi connectivity index (χ0v) is 18.1. The summed E-state index contributed by atoms with van der Waals surface area (Å²) >= 11 is 1.74. The molecule has 30 heavy (non-hydrogen) atoms. The van der Waals surface area contributed by atoms with Crippen LogP contribution < -0.4 is 4.90 Å². The number of anilines is 1. The Morgan fingerprint density at radius 1 is 1.07 bits per heavy atom. The number of hydrogen-bond donors (Lipinski definition) is 1. The van der Waals surface area contributed by atoms with Crippen LogP contribution in [0.4, 0.5) is 5.00 Å². The van der Waals surface area contributed by atoms with Gasteiger partial charge < -0.3 is 4.98 Å². The largest absolute Gasteiger partial charge is 0.361 e. The van der Waals surface area contributed by atoms with Crippen molar-refractivity contribution < 1.29 is 4.79 Å². The molecule has 3 heterocycles. The van der Waals surface area contributed by atoms with Gasteiger partial charge in [0.05, 0.1) is 6.67 Å². The number of rotatable bonds is 4. The summed E-state index contributed by atoms with van der Waals surface area (Å²) in [5.41, 5.74) is 5.87. The Balaban J connectivity index is 1.42. The lowest BCUT2D eigenvalue weighted by Gasteiger charge is -2.35. The molecule has 0 bridgehead atoms. The van der Waals surface area contributed by atoms with Gasteiger partial charge in [-0.1, -0.05) is 36.4 Å². The van der Waals surface area contributed by atoms with Gasteiger partial charge in [0, 0.05) is 46.2 Å². The molecule has 0 unspecified atom stereocenters. The molecular formula is C25H25N3OS. The maximum Gasteiger partial charge on any atom is 0.260 e. The predicted molar refractivity (Wildman–Crippen MR) is 124 cm³/mol. The van der Waals surface area contributed by atoms with E-state index in [9.17, 15) is 4.79 Å². The molecule has 2 aromatic carbocycles. The van der Waals surface area contributed by atoms with Crippen LogP contribution in [0.1, 0.15) is 31.9 Å². The molecule has 1 N–H and O–H groups in total. The van der Waals surface area contributed by atoms with Crippen LogP contribution in [0.3, 0.4) is 0 Å². The molecule has 5 rings (SSSR count). The fourth-order valence-corrected chi connectivity index (χ4v) is 5.42. The van der Waals surface area contributed by atoms with E-state index in [-0.39, 0.29) is 5.91 Å². The van der Waals surface area contributed by atoms with E-state index in [0.29, 0.717) is 6.67 Å². The van der Waals surface area contributed by atoms with E-state index < -0.39 is 0 Å². The molecule has 4 aromatic rings. The van der Waals surface area contributed by atoms with Gasteiger partial charge in [-0.25, -0.2) is 0 Å². The van der Waals surface area contributed by atoms with Gasteiger partial charge in [0.1, 0.15) is 5.00 Å². The normalized spacial score (nSPS) is 14.3. The molecule has 0 radical (unpaired) electrons. The van der Waals surface area contributed by atoms with E-state index in [1.165, 1.54) is 32.5 Å². The molecule has 2 aromatic heterocycles. The van der Waals surface area contributed by atoms with E-state index in [1.807, 2.05) is 35.2 Å². The van der Waals surface area contributed by atoms with E-state index in [2.05, 4.69) is 54.2 Å². The Morgan fingerprint density at radius 3 is 2.67 bits per heavy atom. The topological polar surface area (TPSA) is 39.3 Å². The van der Waals surface area contributed by atoms with Crippen LogP contribution in [0.2, 0.25) is 0 Å². The number of nitrogens with one attached hydrogen (secondary N) is 1. The van der Waals surface area contributed by atoms with E-state index in [0.717, 1.165) is 30.1 Å². The Morgan fingerprint density at radius 2 is 1.83 bits per heavy atom. The molecule has 0 atom stereocenters.